The Morgan fingerprint density at radius 1 is 1.27 bits per heavy atom. The molecule has 1 aliphatic heterocycles. The Morgan fingerprint density at radius 2 is 2.10 bits per heavy atom. The topological polar surface area (TPSA) is 98.8 Å². The molecular formula is C21H21N3O5S. The van der Waals surface area contributed by atoms with Crippen LogP contribution in [-0.2, 0) is 20.9 Å². The number of morpholine rings is 1. The molecule has 2 atom stereocenters. The average molecular weight is 427 g/mol. The summed E-state index contributed by atoms with van der Waals surface area (Å²) < 4.78 is 17.2. The molecule has 8 nitrogen and oxygen atoms in total. The van der Waals surface area contributed by atoms with Gasteiger partial charge in [0.05, 0.1) is 36.0 Å². The molecule has 0 unspecified atom stereocenters. The van der Waals surface area contributed by atoms with Gasteiger partial charge >= 0.3 is 0 Å². The normalized spacial score (nSPS) is 18.7. The maximum atomic E-state index is 13.0. The number of nitrogens with zero attached hydrogens (tertiary/aromatic N) is 1. The van der Waals surface area contributed by atoms with Crippen molar-refractivity contribution in [2.75, 3.05) is 20.8 Å². The fourth-order valence-corrected chi connectivity index (χ4v) is 4.26. The van der Waals surface area contributed by atoms with E-state index in [1.54, 1.807) is 30.8 Å². The van der Waals surface area contributed by atoms with Crippen LogP contribution in [0.15, 0.2) is 41.9 Å². The van der Waals surface area contributed by atoms with Crippen molar-refractivity contribution < 1.29 is 23.8 Å². The van der Waals surface area contributed by atoms with Gasteiger partial charge in [0.1, 0.15) is 6.61 Å². The van der Waals surface area contributed by atoms with Gasteiger partial charge < -0.3 is 24.8 Å². The Balaban J connectivity index is 1.54. The number of methoxy groups -OCH3 is 2. The molecule has 0 radical (unpaired) electrons. The molecule has 4 rings (SSSR count). The molecule has 0 aliphatic carbocycles. The number of rotatable bonds is 6. The minimum absolute atomic E-state index is 0.174. The number of carbonyl (C=O) groups excluding carboxylic acids is 2. The number of nitrogens with one attached hydrogen (secondary N) is 2. The number of hydrogen-bond donors (Lipinski definition) is 2. The SMILES string of the molecule is COc1ccc([C@H]2NC(=O)CO[C@@H]2C(=O)NCc2cccc3ncsc23)cc1OC. The molecule has 156 valence electrons. The Labute approximate surface area is 177 Å². The van der Waals surface area contributed by atoms with E-state index in [1.807, 2.05) is 18.2 Å². The summed E-state index contributed by atoms with van der Waals surface area (Å²) in [7, 11) is 3.07. The van der Waals surface area contributed by atoms with Crippen molar-refractivity contribution >= 4 is 33.4 Å². The highest BCUT2D eigenvalue weighted by atomic mass is 32.1. The van der Waals surface area contributed by atoms with Gasteiger partial charge in [-0.25, -0.2) is 4.98 Å². The fourth-order valence-electron chi connectivity index (χ4n) is 3.45. The van der Waals surface area contributed by atoms with Crippen LogP contribution >= 0.6 is 11.3 Å². The van der Waals surface area contributed by atoms with Crippen LogP contribution in [0.4, 0.5) is 0 Å². The number of thiazole rings is 1. The third-order valence-corrected chi connectivity index (χ3v) is 5.85. The third kappa shape index (κ3) is 3.94. The quantitative estimate of drug-likeness (QED) is 0.626. The number of amides is 2. The monoisotopic (exact) mass is 427 g/mol. The Morgan fingerprint density at radius 3 is 2.90 bits per heavy atom. The predicted molar refractivity (Wildman–Crippen MR) is 112 cm³/mol. The van der Waals surface area contributed by atoms with Crippen LogP contribution < -0.4 is 20.1 Å². The van der Waals surface area contributed by atoms with Gasteiger partial charge in [-0.15, -0.1) is 11.3 Å². The second-order valence-corrected chi connectivity index (χ2v) is 7.58. The van der Waals surface area contributed by atoms with Crippen LogP contribution in [-0.4, -0.2) is 43.7 Å². The Hall–Kier alpha value is -3.17. The van der Waals surface area contributed by atoms with E-state index in [9.17, 15) is 9.59 Å². The molecule has 2 amide bonds. The molecule has 1 saturated heterocycles. The van der Waals surface area contributed by atoms with Crippen molar-refractivity contribution in [3.8, 4) is 11.5 Å². The second-order valence-electron chi connectivity index (χ2n) is 6.73. The lowest BCUT2D eigenvalue weighted by Gasteiger charge is -2.32. The molecule has 2 heterocycles. The van der Waals surface area contributed by atoms with Crippen molar-refractivity contribution in [2.45, 2.75) is 18.7 Å². The summed E-state index contributed by atoms with van der Waals surface area (Å²) >= 11 is 1.53. The van der Waals surface area contributed by atoms with Gasteiger partial charge in [0.2, 0.25) is 5.91 Å². The lowest BCUT2D eigenvalue weighted by molar-refractivity contribution is -0.148. The minimum Gasteiger partial charge on any atom is -0.493 e. The predicted octanol–water partition coefficient (Wildman–Crippen LogP) is 2.19. The van der Waals surface area contributed by atoms with Gasteiger partial charge in [0, 0.05) is 6.54 Å². The zero-order chi connectivity index (χ0) is 21.1. The fraction of sp³-hybridized carbons (Fsp3) is 0.286. The summed E-state index contributed by atoms with van der Waals surface area (Å²) in [6, 6.07) is 10.4. The zero-order valence-corrected chi connectivity index (χ0v) is 17.3. The van der Waals surface area contributed by atoms with Gasteiger partial charge in [-0.05, 0) is 29.3 Å². The Bertz CT molecular complexity index is 1080. The highest BCUT2D eigenvalue weighted by molar-refractivity contribution is 7.16. The molecule has 0 bridgehead atoms. The zero-order valence-electron chi connectivity index (χ0n) is 16.5. The molecule has 3 aromatic rings. The van der Waals surface area contributed by atoms with Crippen LogP contribution in [0, 0.1) is 0 Å². The standard InChI is InChI=1S/C21H21N3O5S/c1-27-15-7-6-12(8-16(15)28-2)18-19(29-10-17(25)24-18)21(26)22-9-13-4-3-5-14-20(13)30-11-23-14/h3-8,11,18-19H,9-10H2,1-2H3,(H,22,26)(H,24,25)/t18-,19+/m1/s1. The first-order valence-corrected chi connectivity index (χ1v) is 10.2. The van der Waals surface area contributed by atoms with Crippen molar-refractivity contribution in [3.63, 3.8) is 0 Å². The van der Waals surface area contributed by atoms with Crippen molar-refractivity contribution in [3.05, 3.63) is 53.0 Å². The summed E-state index contributed by atoms with van der Waals surface area (Å²) in [6.07, 6.45) is -0.874. The lowest BCUT2D eigenvalue weighted by Crippen LogP contribution is -2.52. The molecule has 2 aromatic carbocycles. The first-order valence-electron chi connectivity index (χ1n) is 9.32. The van der Waals surface area contributed by atoms with E-state index in [4.69, 9.17) is 14.2 Å². The van der Waals surface area contributed by atoms with Gasteiger partial charge in [0.15, 0.2) is 17.6 Å². The van der Waals surface area contributed by atoms with Crippen LogP contribution in [0.2, 0.25) is 0 Å². The molecule has 0 saturated carbocycles. The number of benzene rings is 2. The number of ether oxygens (including phenoxy) is 3. The first kappa shape index (κ1) is 20.1. The maximum Gasteiger partial charge on any atom is 0.251 e. The smallest absolute Gasteiger partial charge is 0.251 e. The maximum absolute atomic E-state index is 13.0. The van der Waals surface area contributed by atoms with Gasteiger partial charge in [-0.1, -0.05) is 18.2 Å². The number of fused-ring (bicyclic) bond motifs is 1. The van der Waals surface area contributed by atoms with Crippen LogP contribution in [0.1, 0.15) is 17.2 Å². The Kier molecular flexibility index (Phi) is 5.82. The highest BCUT2D eigenvalue weighted by Gasteiger charge is 2.36. The number of carbonyl (C=O) groups is 2. The molecule has 2 N–H and O–H groups in total. The lowest BCUT2D eigenvalue weighted by atomic mass is 9.98. The van der Waals surface area contributed by atoms with Gasteiger partial charge in [0.25, 0.3) is 5.91 Å². The van der Waals surface area contributed by atoms with E-state index >= 15 is 0 Å². The van der Waals surface area contributed by atoms with E-state index < -0.39 is 12.1 Å². The molecule has 9 heteroatoms. The molecule has 1 aromatic heterocycles. The average Bonchev–Trinajstić information content (AvgIpc) is 3.26. The first-order chi connectivity index (χ1) is 14.6. The summed E-state index contributed by atoms with van der Waals surface area (Å²) in [5.41, 5.74) is 4.34. The van der Waals surface area contributed by atoms with Crippen molar-refractivity contribution in [2.24, 2.45) is 0 Å². The molecular weight excluding hydrogens is 406 g/mol. The summed E-state index contributed by atoms with van der Waals surface area (Å²) in [6.45, 7) is 0.164. The summed E-state index contributed by atoms with van der Waals surface area (Å²) in [5.74, 6) is 0.471. The molecule has 30 heavy (non-hydrogen) atoms. The molecule has 1 aliphatic rings. The van der Waals surface area contributed by atoms with Crippen LogP contribution in [0.25, 0.3) is 10.2 Å². The van der Waals surface area contributed by atoms with E-state index in [0.29, 0.717) is 23.6 Å². The van der Waals surface area contributed by atoms with Crippen LogP contribution in [0.5, 0.6) is 11.5 Å². The van der Waals surface area contributed by atoms with Crippen molar-refractivity contribution in [1.29, 1.82) is 0 Å². The van der Waals surface area contributed by atoms with E-state index in [1.165, 1.54) is 18.4 Å². The van der Waals surface area contributed by atoms with E-state index in [-0.39, 0.29) is 18.4 Å². The number of aromatic nitrogens is 1. The second kappa shape index (κ2) is 8.68. The number of hydrogen-bond acceptors (Lipinski definition) is 7. The highest BCUT2D eigenvalue weighted by Crippen LogP contribution is 2.32. The van der Waals surface area contributed by atoms with E-state index in [2.05, 4.69) is 15.6 Å². The molecule has 1 fully saturated rings. The van der Waals surface area contributed by atoms with Gasteiger partial charge in [-0.2, -0.15) is 0 Å². The third-order valence-electron chi connectivity index (χ3n) is 4.93. The summed E-state index contributed by atoms with van der Waals surface area (Å²) in [5, 5.41) is 5.77. The molecule has 0 spiro atoms. The van der Waals surface area contributed by atoms with Crippen LogP contribution in [0.3, 0.4) is 0 Å². The van der Waals surface area contributed by atoms with Crippen molar-refractivity contribution in [1.82, 2.24) is 15.6 Å². The van der Waals surface area contributed by atoms with E-state index in [0.717, 1.165) is 15.8 Å². The largest absolute Gasteiger partial charge is 0.493 e. The summed E-state index contributed by atoms with van der Waals surface area (Å²) in [4.78, 5) is 29.2. The van der Waals surface area contributed by atoms with Gasteiger partial charge in [-0.3, -0.25) is 9.59 Å². The minimum atomic E-state index is -0.874.